The quantitative estimate of drug-likeness (QED) is 0.380. The summed E-state index contributed by atoms with van der Waals surface area (Å²) in [4.78, 5) is 3.78. The second-order valence-electron chi connectivity index (χ2n) is 1.02. The largest absolute Gasteiger partial charge is 2.00 e. The topological polar surface area (TPSA) is 12.9 Å². The zero-order valence-corrected chi connectivity index (χ0v) is 7.66. The molecule has 0 N–H and O–H groups in total. The first kappa shape index (κ1) is 16.2. The molecule has 0 amide bonds. The van der Waals surface area contributed by atoms with Crippen LogP contribution < -0.4 is 24.8 Å². The summed E-state index contributed by atoms with van der Waals surface area (Å²) in [6.45, 7) is 0. The first-order valence-electron chi connectivity index (χ1n) is 1.85. The number of rotatable bonds is 0. The summed E-state index contributed by atoms with van der Waals surface area (Å²) >= 11 is 0. The molecule has 0 aliphatic heterocycles. The third kappa shape index (κ3) is 8.44. The minimum Gasteiger partial charge on any atom is -1.00 e. The molecule has 48 valence electrons. The molecule has 0 saturated carbocycles. The van der Waals surface area contributed by atoms with Crippen LogP contribution in [0.3, 0.4) is 0 Å². The van der Waals surface area contributed by atoms with E-state index in [9.17, 15) is 0 Å². The van der Waals surface area contributed by atoms with E-state index in [0.29, 0.717) is 0 Å². The third-order valence-electron chi connectivity index (χ3n) is 0.566. The zero-order valence-electron chi connectivity index (χ0n) is 4.59. The molecule has 0 spiro atoms. The van der Waals surface area contributed by atoms with Crippen molar-refractivity contribution >= 4 is 0 Å². The first-order valence-corrected chi connectivity index (χ1v) is 1.85. The van der Waals surface area contributed by atoms with E-state index in [1.165, 1.54) is 0 Å². The van der Waals surface area contributed by atoms with E-state index in [0.717, 1.165) is 0 Å². The minimum absolute atomic E-state index is 0. The molecule has 1 rings (SSSR count). The van der Waals surface area contributed by atoms with Gasteiger partial charge in [0.2, 0.25) is 0 Å². The first-order chi connectivity index (χ1) is 3.00. The third-order valence-corrected chi connectivity index (χ3v) is 0.566. The Morgan fingerprint density at radius 3 is 1.33 bits per heavy atom. The summed E-state index contributed by atoms with van der Waals surface area (Å²) in [6, 6.07) is 5.72. The molecule has 0 aliphatic carbocycles. The molecule has 0 radical (unpaired) electrons. The van der Waals surface area contributed by atoms with Crippen LogP contribution in [0.4, 0.5) is 0 Å². The molecule has 0 aromatic carbocycles. The Kier molecular flexibility index (Phi) is 20.3. The molecule has 0 saturated heterocycles. The van der Waals surface area contributed by atoms with Gasteiger partial charge in [0, 0.05) is 12.4 Å². The van der Waals surface area contributed by atoms with Gasteiger partial charge in [-0.25, -0.2) is 0 Å². The average molecular weight is 198 g/mol. The summed E-state index contributed by atoms with van der Waals surface area (Å²) in [7, 11) is 0. The summed E-state index contributed by atoms with van der Waals surface area (Å²) < 4.78 is 0. The van der Waals surface area contributed by atoms with Crippen LogP contribution in [-0.4, -0.2) is 4.98 Å². The average Bonchev–Trinajstić information content (AvgIpc) is 1.72. The maximum absolute atomic E-state index is 3.78. The van der Waals surface area contributed by atoms with Crippen molar-refractivity contribution in [3.8, 4) is 0 Å². The maximum Gasteiger partial charge on any atom is 2.00 e. The molecule has 0 atom stereocenters. The summed E-state index contributed by atoms with van der Waals surface area (Å²) in [5.41, 5.74) is 0. The molecule has 0 aliphatic rings. The van der Waals surface area contributed by atoms with E-state index in [-0.39, 0.29) is 46.5 Å². The summed E-state index contributed by atoms with van der Waals surface area (Å²) in [5, 5.41) is 0. The second kappa shape index (κ2) is 11.3. The van der Waals surface area contributed by atoms with E-state index in [2.05, 4.69) is 4.98 Å². The van der Waals surface area contributed by atoms with Gasteiger partial charge in [0.15, 0.2) is 0 Å². The van der Waals surface area contributed by atoms with Crippen LogP contribution in [-0.2, 0) is 21.7 Å². The maximum atomic E-state index is 3.78. The predicted molar refractivity (Wildman–Crippen MR) is 24.2 cm³/mol. The van der Waals surface area contributed by atoms with Gasteiger partial charge in [-0.1, -0.05) is 6.07 Å². The predicted octanol–water partition coefficient (Wildman–Crippen LogP) is -4.91. The molecule has 4 heteroatoms. The van der Waals surface area contributed by atoms with Crippen molar-refractivity contribution in [2.24, 2.45) is 0 Å². The molecule has 1 nitrogen and oxygen atoms in total. The van der Waals surface area contributed by atoms with Crippen molar-refractivity contribution in [1.29, 1.82) is 0 Å². The van der Waals surface area contributed by atoms with E-state index < -0.39 is 0 Å². The van der Waals surface area contributed by atoms with Gasteiger partial charge < -0.3 is 24.8 Å². The van der Waals surface area contributed by atoms with E-state index in [4.69, 9.17) is 0 Å². The molecule has 1 heterocycles. The van der Waals surface area contributed by atoms with Gasteiger partial charge >= 0.3 is 21.7 Å². The van der Waals surface area contributed by atoms with Gasteiger partial charge in [0.1, 0.15) is 0 Å². The minimum atomic E-state index is 0. The standard InChI is InChI=1S/C5H5N.2ClH.Ti/c1-2-4-6-5-3-1;;;/h1-5H;2*1H;/q;;;+2/p-2. The Balaban J connectivity index is -0.000000120. The van der Waals surface area contributed by atoms with Crippen molar-refractivity contribution in [2.45, 2.75) is 0 Å². The van der Waals surface area contributed by atoms with Gasteiger partial charge in [-0.05, 0) is 12.1 Å². The normalized spacial score (nSPS) is 5.33. The fourth-order valence-corrected chi connectivity index (χ4v) is 0.313. The Labute approximate surface area is 82.0 Å². The van der Waals surface area contributed by atoms with Crippen LogP contribution in [0.2, 0.25) is 0 Å². The molecular formula is C5H5Cl2NTi. The van der Waals surface area contributed by atoms with Crippen LogP contribution >= 0.6 is 0 Å². The van der Waals surface area contributed by atoms with Gasteiger partial charge in [0.25, 0.3) is 0 Å². The van der Waals surface area contributed by atoms with Gasteiger partial charge in [-0.15, -0.1) is 0 Å². The van der Waals surface area contributed by atoms with Crippen molar-refractivity contribution < 1.29 is 46.5 Å². The van der Waals surface area contributed by atoms with Crippen LogP contribution in [0.5, 0.6) is 0 Å². The van der Waals surface area contributed by atoms with Crippen molar-refractivity contribution in [3.63, 3.8) is 0 Å². The molecule has 1 aromatic heterocycles. The van der Waals surface area contributed by atoms with Crippen LogP contribution in [0.15, 0.2) is 30.6 Å². The molecular weight excluding hydrogens is 193 g/mol. The van der Waals surface area contributed by atoms with Crippen molar-refractivity contribution in [2.75, 3.05) is 0 Å². The Bertz CT molecular complexity index is 86.9. The number of aromatic nitrogens is 1. The van der Waals surface area contributed by atoms with E-state index >= 15 is 0 Å². The smallest absolute Gasteiger partial charge is 1.00 e. The number of nitrogens with zero attached hydrogens (tertiary/aromatic N) is 1. The summed E-state index contributed by atoms with van der Waals surface area (Å²) in [6.07, 6.45) is 3.50. The SMILES string of the molecule is [Cl-].[Cl-].[Ti+2].c1ccncc1. The van der Waals surface area contributed by atoms with E-state index in [1.54, 1.807) is 12.4 Å². The van der Waals surface area contributed by atoms with Crippen LogP contribution in [0.1, 0.15) is 0 Å². The summed E-state index contributed by atoms with van der Waals surface area (Å²) in [5.74, 6) is 0. The van der Waals surface area contributed by atoms with Gasteiger partial charge in [0.05, 0.1) is 0 Å². The van der Waals surface area contributed by atoms with Crippen molar-refractivity contribution in [3.05, 3.63) is 30.6 Å². The monoisotopic (exact) mass is 197 g/mol. The zero-order chi connectivity index (χ0) is 4.24. The van der Waals surface area contributed by atoms with Crippen molar-refractivity contribution in [1.82, 2.24) is 4.98 Å². The molecule has 9 heavy (non-hydrogen) atoms. The Hall–Kier alpha value is 0.444. The molecule has 1 aromatic rings. The van der Waals surface area contributed by atoms with Crippen LogP contribution in [0.25, 0.3) is 0 Å². The van der Waals surface area contributed by atoms with E-state index in [1.807, 2.05) is 18.2 Å². The number of halogens is 2. The molecule has 0 fully saturated rings. The van der Waals surface area contributed by atoms with Gasteiger partial charge in [-0.3, -0.25) is 4.98 Å². The fraction of sp³-hybridized carbons (Fsp3) is 0. The number of hydrogen-bond donors (Lipinski definition) is 0. The number of pyridine rings is 1. The Morgan fingerprint density at radius 1 is 0.778 bits per heavy atom. The second-order valence-corrected chi connectivity index (χ2v) is 1.02. The van der Waals surface area contributed by atoms with Gasteiger partial charge in [-0.2, -0.15) is 0 Å². The fourth-order valence-electron chi connectivity index (χ4n) is 0.313. The molecule has 0 bridgehead atoms. The van der Waals surface area contributed by atoms with Crippen LogP contribution in [0, 0.1) is 0 Å². The Morgan fingerprint density at radius 2 is 1.22 bits per heavy atom. The molecule has 0 unspecified atom stereocenters. The number of hydrogen-bond acceptors (Lipinski definition) is 1.